The van der Waals surface area contributed by atoms with E-state index in [0.717, 1.165) is 17.8 Å². The third kappa shape index (κ3) is 2.01. The smallest absolute Gasteiger partial charge is 0.142 e. The van der Waals surface area contributed by atoms with E-state index in [-0.39, 0.29) is 0 Å². The monoisotopic (exact) mass is 238 g/mol. The van der Waals surface area contributed by atoms with Crippen molar-refractivity contribution in [1.82, 2.24) is 0 Å². The first-order chi connectivity index (χ1) is 8.88. The van der Waals surface area contributed by atoms with Gasteiger partial charge in [0.2, 0.25) is 0 Å². The van der Waals surface area contributed by atoms with Crippen molar-refractivity contribution in [3.05, 3.63) is 48.2 Å². The molecule has 1 heterocycles. The minimum absolute atomic E-state index is 1.04. The van der Waals surface area contributed by atoms with Gasteiger partial charge in [0.1, 0.15) is 11.3 Å². The molecular weight excluding hydrogens is 220 g/mol. The summed E-state index contributed by atoms with van der Waals surface area (Å²) in [6, 6.07) is 14.9. The van der Waals surface area contributed by atoms with Crippen LogP contribution in [0.2, 0.25) is 0 Å². The van der Waals surface area contributed by atoms with E-state index < -0.39 is 0 Å². The molecule has 3 rings (SSSR count). The zero-order valence-corrected chi connectivity index (χ0v) is 10.8. The third-order valence-corrected chi connectivity index (χ3v) is 3.49. The van der Waals surface area contributed by atoms with Crippen LogP contribution in [0.1, 0.15) is 31.9 Å². The molecule has 0 radical (unpaired) electrons. The Morgan fingerprint density at radius 3 is 2.67 bits per heavy atom. The highest BCUT2D eigenvalue weighted by atomic mass is 16.3. The van der Waals surface area contributed by atoms with Crippen LogP contribution >= 0.6 is 0 Å². The van der Waals surface area contributed by atoms with E-state index in [1.807, 2.05) is 0 Å². The van der Waals surface area contributed by atoms with E-state index in [9.17, 15) is 0 Å². The topological polar surface area (TPSA) is 13.1 Å². The normalized spacial score (nSPS) is 11.4. The predicted octanol–water partition coefficient (Wildman–Crippen LogP) is 5.32. The molecule has 0 aliphatic rings. The van der Waals surface area contributed by atoms with E-state index in [0.29, 0.717) is 0 Å². The number of unbranched alkanes of at least 4 members (excludes halogenated alkanes) is 2. The molecule has 0 amide bonds. The van der Waals surface area contributed by atoms with Crippen LogP contribution in [0.15, 0.2) is 46.9 Å². The fourth-order valence-electron chi connectivity index (χ4n) is 2.49. The second-order valence-corrected chi connectivity index (χ2v) is 4.87. The van der Waals surface area contributed by atoms with Crippen LogP contribution in [-0.4, -0.2) is 0 Å². The molecule has 0 fully saturated rings. The average Bonchev–Trinajstić information content (AvgIpc) is 2.82. The molecule has 0 saturated heterocycles. The lowest BCUT2D eigenvalue weighted by Crippen LogP contribution is -1.80. The van der Waals surface area contributed by atoms with Gasteiger partial charge in [-0.25, -0.2) is 0 Å². The fraction of sp³-hybridized carbons (Fsp3) is 0.294. The summed E-state index contributed by atoms with van der Waals surface area (Å²) < 4.78 is 6.03. The van der Waals surface area contributed by atoms with Gasteiger partial charge < -0.3 is 4.42 Å². The lowest BCUT2D eigenvalue weighted by Gasteiger charge is -1.97. The molecular formula is C17H18O. The number of furan rings is 1. The number of fused-ring (bicyclic) bond motifs is 3. The van der Waals surface area contributed by atoms with Crippen LogP contribution in [0.5, 0.6) is 0 Å². The number of rotatable bonds is 4. The summed E-state index contributed by atoms with van der Waals surface area (Å²) in [5, 5.41) is 3.69. The van der Waals surface area contributed by atoms with Crippen molar-refractivity contribution in [3.8, 4) is 0 Å². The Balaban J connectivity index is 2.03. The van der Waals surface area contributed by atoms with Crippen LogP contribution in [0.3, 0.4) is 0 Å². The van der Waals surface area contributed by atoms with E-state index in [1.165, 1.54) is 35.4 Å². The van der Waals surface area contributed by atoms with E-state index in [2.05, 4.69) is 49.4 Å². The lowest BCUT2D eigenvalue weighted by molar-refractivity contribution is 0.533. The highest BCUT2D eigenvalue weighted by Crippen LogP contribution is 2.28. The first-order valence-corrected chi connectivity index (χ1v) is 6.78. The second-order valence-electron chi connectivity index (χ2n) is 4.87. The molecule has 0 spiro atoms. The van der Waals surface area contributed by atoms with Crippen LogP contribution in [-0.2, 0) is 6.42 Å². The highest BCUT2D eigenvalue weighted by molar-refractivity contribution is 6.04. The van der Waals surface area contributed by atoms with Gasteiger partial charge in [-0.3, -0.25) is 0 Å². The molecule has 0 unspecified atom stereocenters. The number of hydrogen-bond acceptors (Lipinski definition) is 1. The van der Waals surface area contributed by atoms with Gasteiger partial charge in [0, 0.05) is 17.2 Å². The van der Waals surface area contributed by atoms with Gasteiger partial charge in [0.15, 0.2) is 0 Å². The first kappa shape index (κ1) is 11.3. The van der Waals surface area contributed by atoms with Crippen molar-refractivity contribution in [1.29, 1.82) is 0 Å². The maximum absolute atomic E-state index is 6.03. The zero-order valence-electron chi connectivity index (χ0n) is 10.8. The Labute approximate surface area is 107 Å². The third-order valence-electron chi connectivity index (χ3n) is 3.49. The molecule has 18 heavy (non-hydrogen) atoms. The maximum Gasteiger partial charge on any atom is 0.142 e. The van der Waals surface area contributed by atoms with Gasteiger partial charge in [-0.05, 0) is 17.9 Å². The van der Waals surface area contributed by atoms with E-state index >= 15 is 0 Å². The molecule has 2 aromatic carbocycles. The molecule has 3 aromatic rings. The van der Waals surface area contributed by atoms with Gasteiger partial charge in [-0.15, -0.1) is 0 Å². The minimum atomic E-state index is 1.04. The Kier molecular flexibility index (Phi) is 3.06. The SMILES string of the molecule is CCCCCc1cc2ccc3ccccc3c2o1. The predicted molar refractivity (Wildman–Crippen MR) is 76.9 cm³/mol. The molecule has 1 aromatic heterocycles. The van der Waals surface area contributed by atoms with Gasteiger partial charge >= 0.3 is 0 Å². The molecule has 0 aliphatic carbocycles. The number of aryl methyl sites for hydroxylation is 1. The fourth-order valence-corrected chi connectivity index (χ4v) is 2.49. The molecule has 1 nitrogen and oxygen atoms in total. The first-order valence-electron chi connectivity index (χ1n) is 6.78. The summed E-state index contributed by atoms with van der Waals surface area (Å²) in [4.78, 5) is 0. The Morgan fingerprint density at radius 2 is 1.78 bits per heavy atom. The summed E-state index contributed by atoms with van der Waals surface area (Å²) in [6.45, 7) is 2.23. The summed E-state index contributed by atoms with van der Waals surface area (Å²) in [5.41, 5.74) is 1.04. The Morgan fingerprint density at radius 1 is 0.944 bits per heavy atom. The van der Waals surface area contributed by atoms with E-state index in [1.54, 1.807) is 0 Å². The van der Waals surface area contributed by atoms with Crippen molar-refractivity contribution in [2.24, 2.45) is 0 Å². The van der Waals surface area contributed by atoms with Crippen LogP contribution in [0.25, 0.3) is 21.7 Å². The summed E-state index contributed by atoms with van der Waals surface area (Å²) in [7, 11) is 0. The van der Waals surface area contributed by atoms with E-state index in [4.69, 9.17) is 4.42 Å². The molecule has 0 saturated carbocycles. The number of hydrogen-bond donors (Lipinski definition) is 0. The van der Waals surface area contributed by atoms with Gasteiger partial charge in [-0.2, -0.15) is 0 Å². The summed E-state index contributed by atoms with van der Waals surface area (Å²) >= 11 is 0. The lowest BCUT2D eigenvalue weighted by atomic mass is 10.1. The average molecular weight is 238 g/mol. The molecule has 0 aliphatic heterocycles. The standard InChI is InChI=1S/C17H18O/c1-2-3-4-8-15-12-14-11-10-13-7-5-6-9-16(13)17(14)18-15/h5-7,9-12H,2-4,8H2,1H3. The van der Waals surface area contributed by atoms with Crippen molar-refractivity contribution in [2.45, 2.75) is 32.6 Å². The van der Waals surface area contributed by atoms with Gasteiger partial charge in [-0.1, -0.05) is 56.2 Å². The largest absolute Gasteiger partial charge is 0.460 e. The van der Waals surface area contributed by atoms with Gasteiger partial charge in [0.05, 0.1) is 0 Å². The van der Waals surface area contributed by atoms with Crippen LogP contribution in [0, 0.1) is 0 Å². The molecule has 1 heteroatoms. The highest BCUT2D eigenvalue weighted by Gasteiger charge is 2.06. The summed E-state index contributed by atoms with van der Waals surface area (Å²) in [5.74, 6) is 1.12. The molecule has 0 bridgehead atoms. The minimum Gasteiger partial charge on any atom is -0.460 e. The van der Waals surface area contributed by atoms with Crippen molar-refractivity contribution < 1.29 is 4.42 Å². The number of benzene rings is 2. The molecule has 0 atom stereocenters. The quantitative estimate of drug-likeness (QED) is 0.561. The maximum atomic E-state index is 6.03. The molecule has 92 valence electrons. The summed E-state index contributed by atoms with van der Waals surface area (Å²) in [6.07, 6.45) is 4.80. The van der Waals surface area contributed by atoms with Gasteiger partial charge in [0.25, 0.3) is 0 Å². The Bertz CT molecular complexity index is 663. The Hall–Kier alpha value is -1.76. The second kappa shape index (κ2) is 4.85. The zero-order chi connectivity index (χ0) is 12.4. The van der Waals surface area contributed by atoms with Crippen molar-refractivity contribution in [2.75, 3.05) is 0 Å². The van der Waals surface area contributed by atoms with Crippen molar-refractivity contribution >= 4 is 21.7 Å². The molecule has 0 N–H and O–H groups in total. The van der Waals surface area contributed by atoms with Crippen molar-refractivity contribution in [3.63, 3.8) is 0 Å². The van der Waals surface area contributed by atoms with Crippen LogP contribution in [0.4, 0.5) is 0 Å². The van der Waals surface area contributed by atoms with Crippen LogP contribution < -0.4 is 0 Å².